The Morgan fingerprint density at radius 1 is 1.30 bits per heavy atom. The van der Waals surface area contributed by atoms with Gasteiger partial charge in [0.1, 0.15) is 0 Å². The van der Waals surface area contributed by atoms with Crippen molar-refractivity contribution in [2.75, 3.05) is 26.7 Å². The number of piperidine rings is 1. The van der Waals surface area contributed by atoms with Crippen molar-refractivity contribution < 1.29 is 4.74 Å². The summed E-state index contributed by atoms with van der Waals surface area (Å²) in [7, 11) is 1.83. The first-order valence-electron chi connectivity index (χ1n) is 7.76. The first-order valence-corrected chi connectivity index (χ1v) is 7.76. The zero-order chi connectivity index (χ0) is 14.4. The molecule has 1 fully saturated rings. The highest BCUT2D eigenvalue weighted by atomic mass is 16.5. The summed E-state index contributed by atoms with van der Waals surface area (Å²) >= 11 is 0. The molecule has 20 heavy (non-hydrogen) atoms. The topological polar surface area (TPSA) is 24.5 Å². The quantitative estimate of drug-likeness (QED) is 0.864. The molecular weight excluding hydrogens is 248 g/mol. The lowest BCUT2D eigenvalue weighted by Gasteiger charge is -2.38. The van der Waals surface area contributed by atoms with Crippen LogP contribution in [0.4, 0.5) is 0 Å². The summed E-state index contributed by atoms with van der Waals surface area (Å²) < 4.78 is 5.57. The number of rotatable bonds is 6. The Morgan fingerprint density at radius 2 is 2.05 bits per heavy atom. The third kappa shape index (κ3) is 4.30. The highest BCUT2D eigenvalue weighted by Gasteiger charge is 2.26. The van der Waals surface area contributed by atoms with Crippen molar-refractivity contribution in [2.24, 2.45) is 0 Å². The van der Waals surface area contributed by atoms with Crippen LogP contribution in [-0.4, -0.2) is 43.8 Å². The molecule has 0 bridgehead atoms. The Balaban J connectivity index is 2.09. The highest BCUT2D eigenvalue weighted by molar-refractivity contribution is 5.19. The molecule has 3 nitrogen and oxygen atoms in total. The number of ether oxygens (including phenoxy) is 1. The van der Waals surface area contributed by atoms with Gasteiger partial charge in [0.15, 0.2) is 0 Å². The predicted octanol–water partition coefficient (Wildman–Crippen LogP) is 2.84. The van der Waals surface area contributed by atoms with Crippen molar-refractivity contribution in [1.82, 2.24) is 10.2 Å². The molecule has 1 aliphatic rings. The summed E-state index contributed by atoms with van der Waals surface area (Å²) in [4.78, 5) is 2.57. The number of nitrogens with zero attached hydrogens (tertiary/aromatic N) is 1. The summed E-state index contributed by atoms with van der Waals surface area (Å²) in [6.45, 7) is 7.61. The second-order valence-corrected chi connectivity index (χ2v) is 5.98. The Labute approximate surface area is 123 Å². The van der Waals surface area contributed by atoms with Crippen molar-refractivity contribution in [3.8, 4) is 0 Å². The molecule has 0 aromatic heterocycles. The van der Waals surface area contributed by atoms with Crippen molar-refractivity contribution in [2.45, 2.75) is 44.9 Å². The van der Waals surface area contributed by atoms with Crippen LogP contribution in [0.15, 0.2) is 30.3 Å². The monoisotopic (exact) mass is 276 g/mol. The molecule has 2 rings (SSSR count). The van der Waals surface area contributed by atoms with Crippen LogP contribution < -0.4 is 5.32 Å². The van der Waals surface area contributed by atoms with Gasteiger partial charge in [-0.3, -0.25) is 4.90 Å². The molecule has 2 atom stereocenters. The SMILES string of the molecule is COC1CCCN(C(CNC(C)C)c2ccccc2)C1. The van der Waals surface area contributed by atoms with E-state index in [1.165, 1.54) is 24.9 Å². The number of methoxy groups -OCH3 is 1. The van der Waals surface area contributed by atoms with Gasteiger partial charge in [-0.1, -0.05) is 44.2 Å². The van der Waals surface area contributed by atoms with E-state index in [-0.39, 0.29) is 0 Å². The molecule has 112 valence electrons. The largest absolute Gasteiger partial charge is 0.380 e. The molecule has 1 aliphatic heterocycles. The van der Waals surface area contributed by atoms with E-state index in [1.807, 2.05) is 7.11 Å². The lowest BCUT2D eigenvalue weighted by Crippen LogP contribution is -2.45. The van der Waals surface area contributed by atoms with Gasteiger partial charge in [-0.25, -0.2) is 0 Å². The van der Waals surface area contributed by atoms with Crippen LogP contribution in [0, 0.1) is 0 Å². The van der Waals surface area contributed by atoms with E-state index in [0.717, 1.165) is 13.1 Å². The first kappa shape index (κ1) is 15.5. The zero-order valence-electron chi connectivity index (χ0n) is 13.0. The minimum absolute atomic E-state index is 0.383. The van der Waals surface area contributed by atoms with Gasteiger partial charge in [0, 0.05) is 32.3 Å². The Morgan fingerprint density at radius 3 is 2.70 bits per heavy atom. The summed E-state index contributed by atoms with van der Waals surface area (Å²) in [6.07, 6.45) is 2.80. The van der Waals surface area contributed by atoms with Crippen LogP contribution in [0.3, 0.4) is 0 Å². The van der Waals surface area contributed by atoms with E-state index in [2.05, 4.69) is 54.4 Å². The van der Waals surface area contributed by atoms with Crippen LogP contribution in [-0.2, 0) is 4.74 Å². The smallest absolute Gasteiger partial charge is 0.0698 e. The molecular formula is C17H28N2O. The second kappa shape index (κ2) is 7.77. The van der Waals surface area contributed by atoms with Gasteiger partial charge in [0.25, 0.3) is 0 Å². The average molecular weight is 276 g/mol. The molecule has 0 amide bonds. The van der Waals surface area contributed by atoms with E-state index in [4.69, 9.17) is 4.74 Å². The van der Waals surface area contributed by atoms with Crippen LogP contribution >= 0.6 is 0 Å². The molecule has 0 radical (unpaired) electrons. The zero-order valence-corrected chi connectivity index (χ0v) is 13.0. The van der Waals surface area contributed by atoms with Gasteiger partial charge in [-0.2, -0.15) is 0 Å². The maximum Gasteiger partial charge on any atom is 0.0698 e. The average Bonchev–Trinajstić information content (AvgIpc) is 2.48. The molecule has 1 saturated heterocycles. The van der Waals surface area contributed by atoms with E-state index >= 15 is 0 Å². The maximum atomic E-state index is 5.57. The van der Waals surface area contributed by atoms with Gasteiger partial charge in [0.05, 0.1) is 6.10 Å². The summed E-state index contributed by atoms with van der Waals surface area (Å²) in [5, 5.41) is 3.59. The minimum atomic E-state index is 0.383. The fourth-order valence-corrected chi connectivity index (χ4v) is 2.92. The third-order valence-electron chi connectivity index (χ3n) is 4.09. The molecule has 3 heteroatoms. The summed E-state index contributed by atoms with van der Waals surface area (Å²) in [5.74, 6) is 0. The van der Waals surface area contributed by atoms with Gasteiger partial charge in [0.2, 0.25) is 0 Å². The Bertz CT molecular complexity index is 380. The van der Waals surface area contributed by atoms with E-state index in [1.54, 1.807) is 0 Å². The lowest BCUT2D eigenvalue weighted by atomic mass is 10.00. The van der Waals surface area contributed by atoms with Gasteiger partial charge in [-0.05, 0) is 24.9 Å². The van der Waals surface area contributed by atoms with Crippen LogP contribution in [0.1, 0.15) is 38.3 Å². The molecule has 0 saturated carbocycles. The van der Waals surface area contributed by atoms with Crippen molar-refractivity contribution >= 4 is 0 Å². The van der Waals surface area contributed by atoms with Gasteiger partial charge >= 0.3 is 0 Å². The highest BCUT2D eigenvalue weighted by Crippen LogP contribution is 2.25. The molecule has 0 aliphatic carbocycles. The van der Waals surface area contributed by atoms with Crippen molar-refractivity contribution in [1.29, 1.82) is 0 Å². The number of nitrogens with one attached hydrogen (secondary N) is 1. The van der Waals surface area contributed by atoms with E-state index in [0.29, 0.717) is 18.2 Å². The number of benzene rings is 1. The fraction of sp³-hybridized carbons (Fsp3) is 0.647. The number of likely N-dealkylation sites (tertiary alicyclic amines) is 1. The lowest BCUT2D eigenvalue weighted by molar-refractivity contribution is 0.0138. The Kier molecular flexibility index (Phi) is 6.02. The van der Waals surface area contributed by atoms with Gasteiger partial charge < -0.3 is 10.1 Å². The molecule has 2 unspecified atom stereocenters. The standard InChI is InChI=1S/C17H28N2O/c1-14(2)18-12-17(15-8-5-4-6-9-15)19-11-7-10-16(13-19)20-3/h4-6,8-9,14,16-18H,7,10-13H2,1-3H3. The normalized spacial score (nSPS) is 22.1. The maximum absolute atomic E-state index is 5.57. The molecule has 1 aromatic carbocycles. The summed E-state index contributed by atoms with van der Waals surface area (Å²) in [6, 6.07) is 11.8. The third-order valence-corrected chi connectivity index (χ3v) is 4.09. The van der Waals surface area contributed by atoms with Crippen molar-refractivity contribution in [3.63, 3.8) is 0 Å². The Hall–Kier alpha value is -0.900. The number of hydrogen-bond acceptors (Lipinski definition) is 3. The molecule has 0 spiro atoms. The summed E-state index contributed by atoms with van der Waals surface area (Å²) in [5.41, 5.74) is 1.40. The van der Waals surface area contributed by atoms with E-state index in [9.17, 15) is 0 Å². The van der Waals surface area contributed by atoms with Crippen LogP contribution in [0.5, 0.6) is 0 Å². The van der Waals surface area contributed by atoms with Crippen molar-refractivity contribution in [3.05, 3.63) is 35.9 Å². The molecule has 1 heterocycles. The molecule has 1 N–H and O–H groups in total. The van der Waals surface area contributed by atoms with Crippen LogP contribution in [0.25, 0.3) is 0 Å². The number of hydrogen-bond donors (Lipinski definition) is 1. The first-order chi connectivity index (χ1) is 9.70. The minimum Gasteiger partial charge on any atom is -0.380 e. The predicted molar refractivity (Wildman–Crippen MR) is 83.9 cm³/mol. The van der Waals surface area contributed by atoms with E-state index < -0.39 is 0 Å². The molecule has 1 aromatic rings. The van der Waals surface area contributed by atoms with Gasteiger partial charge in [-0.15, -0.1) is 0 Å². The van der Waals surface area contributed by atoms with Crippen LogP contribution in [0.2, 0.25) is 0 Å². The second-order valence-electron chi connectivity index (χ2n) is 5.98. The fourth-order valence-electron chi connectivity index (χ4n) is 2.92.